The normalized spacial score (nSPS) is 9.36. The van der Waals surface area contributed by atoms with Crippen molar-refractivity contribution in [2.75, 3.05) is 0 Å². The van der Waals surface area contributed by atoms with Crippen LogP contribution in [-0.2, 0) is 0 Å². The Balaban J connectivity index is 3.02. The first-order valence-electron chi connectivity index (χ1n) is 2.73. The maximum Gasteiger partial charge on any atom is 0.170 e. The second-order valence-electron chi connectivity index (χ2n) is 1.85. The first-order chi connectivity index (χ1) is 5.26. The molecule has 0 aliphatic heterocycles. The molecule has 0 aliphatic carbocycles. The zero-order valence-electron chi connectivity index (χ0n) is 5.39. The van der Waals surface area contributed by atoms with Crippen LogP contribution in [0.4, 0.5) is 0 Å². The average Bonchev–Trinajstić information content (AvgIpc) is 2.03. The highest BCUT2D eigenvalue weighted by molar-refractivity contribution is 7.80. The minimum atomic E-state index is 0.154. The first kappa shape index (κ1) is 8.19. The van der Waals surface area contributed by atoms with Gasteiger partial charge in [-0.05, 0) is 12.1 Å². The van der Waals surface area contributed by atoms with Crippen LogP contribution in [0.15, 0.2) is 23.1 Å². The summed E-state index contributed by atoms with van der Waals surface area (Å²) in [6.45, 7) is 0. The van der Waals surface area contributed by atoms with Crippen molar-refractivity contribution in [1.82, 2.24) is 0 Å². The molecule has 0 spiro atoms. The molecule has 0 atom stereocenters. The van der Waals surface area contributed by atoms with Crippen LogP contribution in [0.3, 0.4) is 0 Å². The van der Waals surface area contributed by atoms with Gasteiger partial charge in [0.2, 0.25) is 0 Å². The van der Waals surface area contributed by atoms with Crippen LogP contribution in [0.25, 0.3) is 0 Å². The summed E-state index contributed by atoms with van der Waals surface area (Å²) in [5.74, 6) is 0.308. The van der Waals surface area contributed by atoms with Crippen molar-refractivity contribution < 1.29 is 20.3 Å². The van der Waals surface area contributed by atoms with E-state index in [-0.39, 0.29) is 11.5 Å². The molecule has 1 rings (SSSR count). The van der Waals surface area contributed by atoms with E-state index in [1.54, 1.807) is 0 Å². The van der Waals surface area contributed by atoms with Crippen molar-refractivity contribution in [2.45, 2.75) is 4.90 Å². The SMILES string of the molecule is OOc1cc(S)cc(OO)c1. The molecule has 0 aliphatic rings. The highest BCUT2D eigenvalue weighted by atomic mass is 32.1. The van der Waals surface area contributed by atoms with E-state index in [0.29, 0.717) is 4.90 Å². The van der Waals surface area contributed by atoms with Crippen LogP contribution < -0.4 is 9.78 Å². The number of rotatable bonds is 2. The van der Waals surface area contributed by atoms with E-state index in [2.05, 4.69) is 22.4 Å². The predicted molar refractivity (Wildman–Crippen MR) is 40.2 cm³/mol. The maximum atomic E-state index is 8.21. The first-order valence-corrected chi connectivity index (χ1v) is 3.18. The van der Waals surface area contributed by atoms with Crippen LogP contribution in [-0.4, -0.2) is 10.5 Å². The average molecular weight is 174 g/mol. The standard InChI is InChI=1S/C6H6O4S/c7-9-4-1-5(10-8)3-6(11)2-4/h1-3,7-8,11H. The molecule has 4 nitrogen and oxygen atoms in total. The molecule has 0 saturated carbocycles. The Morgan fingerprint density at radius 3 is 1.82 bits per heavy atom. The van der Waals surface area contributed by atoms with Crippen molar-refractivity contribution in [2.24, 2.45) is 0 Å². The van der Waals surface area contributed by atoms with E-state index >= 15 is 0 Å². The smallest absolute Gasteiger partial charge is 0.170 e. The van der Waals surface area contributed by atoms with Crippen LogP contribution in [0, 0.1) is 0 Å². The van der Waals surface area contributed by atoms with Crippen LogP contribution >= 0.6 is 12.6 Å². The minimum absolute atomic E-state index is 0.154. The molecular weight excluding hydrogens is 168 g/mol. The highest BCUT2D eigenvalue weighted by Crippen LogP contribution is 2.23. The Bertz CT molecular complexity index is 228. The van der Waals surface area contributed by atoms with E-state index in [0.717, 1.165) is 0 Å². The molecule has 11 heavy (non-hydrogen) atoms. The summed E-state index contributed by atoms with van der Waals surface area (Å²) in [5, 5.41) is 16.4. The van der Waals surface area contributed by atoms with Gasteiger partial charge in [0.15, 0.2) is 11.5 Å². The molecule has 5 heteroatoms. The number of thiol groups is 1. The van der Waals surface area contributed by atoms with E-state index in [9.17, 15) is 0 Å². The summed E-state index contributed by atoms with van der Waals surface area (Å²) in [7, 11) is 0. The topological polar surface area (TPSA) is 58.9 Å². The van der Waals surface area contributed by atoms with Gasteiger partial charge < -0.3 is 9.78 Å². The fourth-order valence-electron chi connectivity index (χ4n) is 0.662. The lowest BCUT2D eigenvalue weighted by molar-refractivity contribution is -0.145. The third-order valence-electron chi connectivity index (χ3n) is 1.08. The lowest BCUT2D eigenvalue weighted by Crippen LogP contribution is -1.87. The summed E-state index contributed by atoms with van der Waals surface area (Å²) < 4.78 is 0. The fraction of sp³-hybridized carbons (Fsp3) is 0. The lowest BCUT2D eigenvalue weighted by Gasteiger charge is -2.00. The zero-order valence-corrected chi connectivity index (χ0v) is 6.28. The lowest BCUT2D eigenvalue weighted by atomic mass is 10.3. The summed E-state index contributed by atoms with van der Waals surface area (Å²) >= 11 is 3.95. The number of benzene rings is 1. The molecule has 0 bridgehead atoms. The van der Waals surface area contributed by atoms with E-state index < -0.39 is 0 Å². The molecule has 0 radical (unpaired) electrons. The van der Waals surface area contributed by atoms with Crippen LogP contribution in [0.2, 0.25) is 0 Å². The molecule has 1 aromatic rings. The molecule has 2 N–H and O–H groups in total. The summed E-state index contributed by atoms with van der Waals surface area (Å²) in [6.07, 6.45) is 0. The summed E-state index contributed by atoms with van der Waals surface area (Å²) in [4.78, 5) is 8.31. The van der Waals surface area contributed by atoms with Gasteiger partial charge >= 0.3 is 0 Å². The Morgan fingerprint density at radius 1 is 1.00 bits per heavy atom. The third-order valence-corrected chi connectivity index (χ3v) is 1.33. The monoisotopic (exact) mass is 174 g/mol. The quantitative estimate of drug-likeness (QED) is 0.362. The summed E-state index contributed by atoms with van der Waals surface area (Å²) in [5.41, 5.74) is 0. The van der Waals surface area contributed by atoms with Gasteiger partial charge in [0.25, 0.3) is 0 Å². The maximum absolute atomic E-state index is 8.21. The van der Waals surface area contributed by atoms with Gasteiger partial charge in [0.05, 0.1) is 0 Å². The Kier molecular flexibility index (Phi) is 2.58. The van der Waals surface area contributed by atoms with Crippen LogP contribution in [0.1, 0.15) is 0 Å². The van der Waals surface area contributed by atoms with Gasteiger partial charge in [0.1, 0.15) is 0 Å². The molecule has 0 aromatic heterocycles. The third kappa shape index (κ3) is 2.01. The van der Waals surface area contributed by atoms with Gasteiger partial charge in [0, 0.05) is 11.0 Å². The van der Waals surface area contributed by atoms with Crippen LogP contribution in [0.5, 0.6) is 11.5 Å². The molecular formula is C6H6O4S. The summed E-state index contributed by atoms with van der Waals surface area (Å²) in [6, 6.07) is 4.23. The fourth-order valence-corrected chi connectivity index (χ4v) is 0.917. The van der Waals surface area contributed by atoms with Gasteiger partial charge in [-0.15, -0.1) is 12.6 Å². The second kappa shape index (κ2) is 3.47. The Hall–Kier alpha value is -0.910. The Morgan fingerprint density at radius 2 is 1.45 bits per heavy atom. The largest absolute Gasteiger partial charge is 0.340 e. The van der Waals surface area contributed by atoms with Crippen molar-refractivity contribution in [3.63, 3.8) is 0 Å². The molecule has 0 heterocycles. The van der Waals surface area contributed by atoms with Crippen molar-refractivity contribution >= 4 is 12.6 Å². The van der Waals surface area contributed by atoms with Crippen molar-refractivity contribution in [3.05, 3.63) is 18.2 Å². The number of hydrogen-bond acceptors (Lipinski definition) is 5. The minimum Gasteiger partial charge on any atom is -0.340 e. The van der Waals surface area contributed by atoms with Gasteiger partial charge in [-0.2, -0.15) is 0 Å². The molecule has 60 valence electrons. The predicted octanol–water partition coefficient (Wildman–Crippen LogP) is 1.68. The Labute approximate surface area is 68.3 Å². The van der Waals surface area contributed by atoms with Gasteiger partial charge in [-0.3, -0.25) is 0 Å². The van der Waals surface area contributed by atoms with Crippen molar-refractivity contribution in [3.8, 4) is 11.5 Å². The zero-order chi connectivity index (χ0) is 8.27. The second-order valence-corrected chi connectivity index (χ2v) is 2.36. The molecule has 1 aromatic carbocycles. The van der Waals surface area contributed by atoms with E-state index in [4.69, 9.17) is 10.5 Å². The highest BCUT2D eigenvalue weighted by Gasteiger charge is 1.99. The van der Waals surface area contributed by atoms with Gasteiger partial charge in [-0.25, -0.2) is 10.5 Å². The molecule has 0 saturated heterocycles. The van der Waals surface area contributed by atoms with E-state index in [1.807, 2.05) is 0 Å². The number of hydrogen-bond donors (Lipinski definition) is 3. The molecule has 0 fully saturated rings. The van der Waals surface area contributed by atoms with Gasteiger partial charge in [-0.1, -0.05) is 0 Å². The molecule has 0 unspecified atom stereocenters. The van der Waals surface area contributed by atoms with Crippen molar-refractivity contribution in [1.29, 1.82) is 0 Å². The molecule has 0 amide bonds. The van der Waals surface area contributed by atoms with E-state index in [1.165, 1.54) is 18.2 Å².